The molecule has 17 heteroatoms. The van der Waals surface area contributed by atoms with Gasteiger partial charge in [0.2, 0.25) is 5.91 Å². The van der Waals surface area contributed by atoms with Gasteiger partial charge in [-0.1, -0.05) is 51.1 Å². The number of Topliss-reactive ketones (excluding diaryl/α,β-unsaturated/α-hetero) is 1. The number of ketones is 1. The normalized spacial score (nSPS) is 41.8. The zero-order chi connectivity index (χ0) is 48.1. The van der Waals surface area contributed by atoms with Crippen LogP contribution in [0, 0.1) is 23.7 Å². The maximum Gasteiger partial charge on any atom is 0.311 e. The summed E-state index contributed by atoms with van der Waals surface area (Å²) in [7, 11) is 5.15. The highest BCUT2D eigenvalue weighted by Gasteiger charge is 2.54. The van der Waals surface area contributed by atoms with Crippen LogP contribution in [0.25, 0.3) is 0 Å². The number of ether oxygens (including phenoxy) is 7. The van der Waals surface area contributed by atoms with E-state index in [1.807, 2.05) is 56.3 Å². The summed E-state index contributed by atoms with van der Waals surface area (Å²) in [6.45, 7) is 15.6. The third kappa shape index (κ3) is 12.9. The molecule has 0 spiro atoms. The molecule has 0 saturated carbocycles. The van der Waals surface area contributed by atoms with Crippen LogP contribution in [0.5, 0.6) is 0 Å². The van der Waals surface area contributed by atoms with Gasteiger partial charge in [0.25, 0.3) is 0 Å². The molecule has 364 valence electrons. The lowest BCUT2D eigenvalue weighted by Crippen LogP contribution is -2.61. The van der Waals surface area contributed by atoms with E-state index >= 15 is 0 Å². The third-order valence-electron chi connectivity index (χ3n) is 13.7. The Morgan fingerprint density at radius 2 is 1.53 bits per heavy atom. The minimum Gasteiger partial charge on any atom is -0.459 e. The molecule has 1 amide bonds. The molecule has 0 aromatic heterocycles. The van der Waals surface area contributed by atoms with Crippen molar-refractivity contribution < 1.29 is 72.8 Å². The number of methoxy groups -OCH3 is 1. The van der Waals surface area contributed by atoms with Crippen molar-refractivity contribution in [3.05, 3.63) is 35.9 Å². The molecule has 4 rings (SSSR count). The van der Waals surface area contributed by atoms with Gasteiger partial charge in [0.1, 0.15) is 23.6 Å². The van der Waals surface area contributed by atoms with Gasteiger partial charge in [-0.3, -0.25) is 19.2 Å². The number of hydrogen-bond donors (Lipinski definition) is 5. The van der Waals surface area contributed by atoms with Gasteiger partial charge < -0.3 is 63.8 Å². The van der Waals surface area contributed by atoms with E-state index in [2.05, 4.69) is 5.32 Å². The molecular weight excluding hydrogens is 833 g/mol. The Hall–Kier alpha value is -3.10. The first-order chi connectivity index (χ1) is 29.7. The first kappa shape index (κ1) is 53.5. The summed E-state index contributed by atoms with van der Waals surface area (Å²) < 4.78 is 43.8. The van der Waals surface area contributed by atoms with Crippen molar-refractivity contribution in [3.8, 4) is 0 Å². The molecule has 17 nitrogen and oxygen atoms in total. The maximum absolute atomic E-state index is 14.7. The molecule has 1 aromatic carbocycles. The summed E-state index contributed by atoms with van der Waals surface area (Å²) in [5.74, 6) is -6.57. The maximum atomic E-state index is 14.7. The van der Waals surface area contributed by atoms with Crippen LogP contribution >= 0.6 is 0 Å². The number of hydrogen-bond acceptors (Lipinski definition) is 16. The standard InChI is InChI=1S/C47H76N2O15/c1-25-23-45(8,56)42(64-44-39(61-31(7)50)33(49(11)12)21-26(2)59-44)28(4)38(63-36-24-46(9,58-13)41(54)30(6)60-36)29(5)43(55)62-34(47(10,57)40(53)27(3)37(25)52)19-20-48-35(51)22-32-17-15-14-16-18-32/h14-18,25-30,33-34,36,38-42,44,53-54,56-57H,19-24H2,1-13H3,(H,48,51)/t25-,26-,27+,28+,29-,30+,33+,34-,36+,38+,39-,40-,41+,42-,44+,45-,46-,47-/m1/s1. The first-order valence-corrected chi connectivity index (χ1v) is 22.6. The van der Waals surface area contributed by atoms with Crippen molar-refractivity contribution in [2.75, 3.05) is 27.7 Å². The number of nitrogens with one attached hydrogen (secondary N) is 1. The molecule has 1 aromatic rings. The second-order valence-corrected chi connectivity index (χ2v) is 19.4. The fraction of sp³-hybridized carbons (Fsp3) is 0.787. The molecular formula is C47H76N2O15. The number of rotatable bonds is 12. The molecule has 0 aliphatic carbocycles. The number of nitrogens with zero attached hydrogens (tertiary/aromatic N) is 1. The number of cyclic esters (lactones) is 1. The van der Waals surface area contributed by atoms with Crippen molar-refractivity contribution in [2.45, 2.75) is 186 Å². The van der Waals surface area contributed by atoms with Gasteiger partial charge >= 0.3 is 11.9 Å². The highest BCUT2D eigenvalue weighted by atomic mass is 16.7. The van der Waals surface area contributed by atoms with E-state index in [1.54, 1.807) is 34.6 Å². The smallest absolute Gasteiger partial charge is 0.311 e. The summed E-state index contributed by atoms with van der Waals surface area (Å²) in [5, 5.41) is 50.4. The van der Waals surface area contributed by atoms with Crippen molar-refractivity contribution in [2.24, 2.45) is 23.7 Å². The number of carbonyl (C=O) groups is 4. The van der Waals surface area contributed by atoms with Crippen LogP contribution in [-0.2, 0) is 58.8 Å². The number of benzene rings is 1. The van der Waals surface area contributed by atoms with Crippen molar-refractivity contribution >= 4 is 23.6 Å². The van der Waals surface area contributed by atoms with Gasteiger partial charge in [0.15, 0.2) is 18.7 Å². The fourth-order valence-corrected chi connectivity index (χ4v) is 9.75. The molecule has 0 bridgehead atoms. The molecule has 64 heavy (non-hydrogen) atoms. The molecule has 3 aliphatic rings. The highest BCUT2D eigenvalue weighted by molar-refractivity contribution is 5.83. The minimum absolute atomic E-state index is 0.0276. The average molecular weight is 909 g/mol. The predicted molar refractivity (Wildman–Crippen MR) is 233 cm³/mol. The van der Waals surface area contributed by atoms with Gasteiger partial charge in [0.05, 0.1) is 60.1 Å². The van der Waals surface area contributed by atoms with E-state index in [9.17, 15) is 39.6 Å². The topological polar surface area (TPSA) is 229 Å². The molecule has 18 atom stereocenters. The summed E-state index contributed by atoms with van der Waals surface area (Å²) in [4.78, 5) is 56.3. The van der Waals surface area contributed by atoms with E-state index in [4.69, 9.17) is 33.2 Å². The van der Waals surface area contributed by atoms with Gasteiger partial charge in [-0.25, -0.2) is 0 Å². The molecule has 3 saturated heterocycles. The van der Waals surface area contributed by atoms with Crippen LogP contribution in [0.4, 0.5) is 0 Å². The van der Waals surface area contributed by atoms with Crippen LogP contribution in [0.1, 0.15) is 100 Å². The number of aliphatic hydroxyl groups excluding tert-OH is 2. The lowest BCUT2D eigenvalue weighted by molar-refractivity contribution is -0.318. The lowest BCUT2D eigenvalue weighted by atomic mass is 9.74. The zero-order valence-corrected chi connectivity index (χ0v) is 40.0. The van der Waals surface area contributed by atoms with Gasteiger partial charge in [-0.05, 0) is 74.0 Å². The van der Waals surface area contributed by atoms with E-state index < -0.39 is 114 Å². The van der Waals surface area contributed by atoms with E-state index in [0.29, 0.717) is 6.42 Å². The van der Waals surface area contributed by atoms with Crippen molar-refractivity contribution in [3.63, 3.8) is 0 Å². The van der Waals surface area contributed by atoms with Gasteiger partial charge in [0, 0.05) is 51.2 Å². The van der Waals surface area contributed by atoms with Crippen molar-refractivity contribution in [1.82, 2.24) is 10.2 Å². The molecule has 3 aliphatic heterocycles. The Morgan fingerprint density at radius 1 is 0.891 bits per heavy atom. The van der Waals surface area contributed by atoms with Crippen LogP contribution in [0.3, 0.4) is 0 Å². The summed E-state index contributed by atoms with van der Waals surface area (Å²) in [6, 6.07) is 8.74. The number of esters is 2. The Bertz CT molecular complexity index is 1710. The summed E-state index contributed by atoms with van der Waals surface area (Å²) in [6.07, 6.45) is -10.9. The quantitative estimate of drug-likeness (QED) is 0.190. The zero-order valence-electron chi connectivity index (χ0n) is 40.0. The largest absolute Gasteiger partial charge is 0.459 e. The molecule has 0 radical (unpaired) electrons. The summed E-state index contributed by atoms with van der Waals surface area (Å²) in [5.41, 5.74) is -4.45. The SMILES string of the molecule is CO[C@]1(C)C[C@H](O[C@H]2[C@H](C)[C@@H](O[C@@H]3O[C@H](C)C[C@H](N(C)C)[C@H]3OC(C)=O)[C@](C)(O)C[C@@H](C)C(=O)[C@H](C)[C@@H](O)[C@](C)(O)[C@@H](CCNC(=O)Cc3ccccc3)OC(=O)[C@@H]2C)O[C@@H](C)[C@@H]1O. The van der Waals surface area contributed by atoms with Gasteiger partial charge in [-0.15, -0.1) is 0 Å². The monoisotopic (exact) mass is 909 g/mol. The average Bonchev–Trinajstić information content (AvgIpc) is 3.22. The van der Waals surface area contributed by atoms with Crippen LogP contribution in [-0.4, -0.2) is 161 Å². The van der Waals surface area contributed by atoms with Crippen LogP contribution in [0.2, 0.25) is 0 Å². The van der Waals surface area contributed by atoms with E-state index in [-0.39, 0.29) is 50.3 Å². The number of likely N-dealkylation sites (N-methyl/N-ethyl adjacent to an activating group) is 1. The Morgan fingerprint density at radius 3 is 2.12 bits per heavy atom. The fourth-order valence-electron chi connectivity index (χ4n) is 9.75. The number of aliphatic hydroxyl groups is 4. The predicted octanol–water partition coefficient (Wildman–Crippen LogP) is 2.70. The number of carbonyl (C=O) groups excluding carboxylic acids is 4. The second kappa shape index (κ2) is 22.1. The van der Waals surface area contributed by atoms with Crippen LogP contribution in [0.15, 0.2) is 30.3 Å². The third-order valence-corrected chi connectivity index (χ3v) is 13.7. The second-order valence-electron chi connectivity index (χ2n) is 19.4. The lowest BCUT2D eigenvalue weighted by Gasteiger charge is -2.49. The molecule has 5 N–H and O–H groups in total. The Labute approximate surface area is 378 Å². The molecule has 3 heterocycles. The van der Waals surface area contributed by atoms with E-state index in [1.165, 1.54) is 34.8 Å². The van der Waals surface area contributed by atoms with Crippen LogP contribution < -0.4 is 5.32 Å². The number of amides is 1. The minimum atomic E-state index is -2.21. The Balaban J connectivity index is 1.82. The first-order valence-electron chi connectivity index (χ1n) is 22.6. The summed E-state index contributed by atoms with van der Waals surface area (Å²) >= 11 is 0. The highest BCUT2D eigenvalue weighted by Crippen LogP contribution is 2.41. The molecule has 0 unspecified atom stereocenters. The van der Waals surface area contributed by atoms with E-state index in [0.717, 1.165) is 5.56 Å². The van der Waals surface area contributed by atoms with Gasteiger partial charge in [-0.2, -0.15) is 0 Å². The Kier molecular flexibility index (Phi) is 18.5. The van der Waals surface area contributed by atoms with Crippen molar-refractivity contribution in [1.29, 1.82) is 0 Å². The molecule has 3 fully saturated rings.